The Kier molecular flexibility index (Phi) is 2.73. The van der Waals surface area contributed by atoms with Gasteiger partial charge in [0.1, 0.15) is 18.0 Å². The molecule has 1 fully saturated rings. The van der Waals surface area contributed by atoms with Gasteiger partial charge in [0.2, 0.25) is 0 Å². The van der Waals surface area contributed by atoms with Gasteiger partial charge >= 0.3 is 6.18 Å². The summed E-state index contributed by atoms with van der Waals surface area (Å²) in [7, 11) is 0. The van der Waals surface area contributed by atoms with E-state index in [0.717, 1.165) is 12.8 Å². The van der Waals surface area contributed by atoms with E-state index in [1.165, 1.54) is 6.07 Å². The molecule has 1 saturated carbocycles. The third-order valence-corrected chi connectivity index (χ3v) is 2.57. The van der Waals surface area contributed by atoms with E-state index in [1.807, 2.05) is 0 Å². The van der Waals surface area contributed by atoms with E-state index in [0.29, 0.717) is 11.7 Å². The molecule has 6 heteroatoms. The monoisotopic (exact) mass is 233 g/mol. The van der Waals surface area contributed by atoms with Gasteiger partial charge in [-0.3, -0.25) is 0 Å². The maximum atomic E-state index is 12.3. The molecule has 1 unspecified atom stereocenters. The Bertz CT molecular complexity index is 382. The van der Waals surface area contributed by atoms with Crippen LogP contribution in [0.25, 0.3) is 0 Å². The molecule has 16 heavy (non-hydrogen) atoms. The minimum absolute atomic E-state index is 0.0918. The number of carbonyl (C=O) groups is 1. The Labute approximate surface area is 89.6 Å². The zero-order chi connectivity index (χ0) is 11.8. The number of nitrogens with zero attached hydrogens (tertiary/aromatic N) is 1. The van der Waals surface area contributed by atoms with Gasteiger partial charge in [-0.2, -0.15) is 13.2 Å². The number of carbonyl (C=O) groups excluding carboxylic acids is 1. The highest BCUT2D eigenvalue weighted by molar-refractivity contribution is 5.55. The van der Waals surface area contributed by atoms with Crippen LogP contribution >= 0.6 is 0 Å². The smallest absolute Gasteiger partial charge is 0.361 e. The number of halogens is 3. The fourth-order valence-electron chi connectivity index (χ4n) is 1.45. The first-order valence-electron chi connectivity index (χ1n) is 4.98. The zero-order valence-corrected chi connectivity index (χ0v) is 8.33. The Hall–Kier alpha value is -1.33. The van der Waals surface area contributed by atoms with E-state index in [2.05, 4.69) is 5.16 Å². The van der Waals surface area contributed by atoms with Crippen molar-refractivity contribution in [2.45, 2.75) is 31.4 Å². The van der Waals surface area contributed by atoms with E-state index >= 15 is 0 Å². The highest BCUT2D eigenvalue weighted by Crippen LogP contribution is 2.40. The highest BCUT2D eigenvalue weighted by atomic mass is 19.4. The highest BCUT2D eigenvalue weighted by Gasteiger charge is 2.40. The minimum atomic E-state index is -4.51. The molecule has 1 aromatic rings. The predicted molar refractivity (Wildman–Crippen MR) is 47.8 cm³/mol. The van der Waals surface area contributed by atoms with Gasteiger partial charge in [-0.15, -0.1) is 0 Å². The van der Waals surface area contributed by atoms with Crippen molar-refractivity contribution < 1.29 is 22.5 Å². The fourth-order valence-corrected chi connectivity index (χ4v) is 1.45. The second kappa shape index (κ2) is 3.92. The van der Waals surface area contributed by atoms with E-state index < -0.39 is 18.5 Å². The largest absolute Gasteiger partial charge is 0.398 e. The van der Waals surface area contributed by atoms with Crippen molar-refractivity contribution in [1.82, 2.24) is 5.16 Å². The third kappa shape index (κ3) is 2.43. The van der Waals surface area contributed by atoms with Crippen molar-refractivity contribution in [2.24, 2.45) is 5.92 Å². The summed E-state index contributed by atoms with van der Waals surface area (Å²) in [5.41, 5.74) is 0.191. The van der Waals surface area contributed by atoms with Crippen molar-refractivity contribution in [3.05, 3.63) is 17.5 Å². The summed E-state index contributed by atoms with van der Waals surface area (Å²) in [5, 5.41) is 3.54. The summed E-state index contributed by atoms with van der Waals surface area (Å²) in [4.78, 5) is 10.3. The van der Waals surface area contributed by atoms with E-state index in [9.17, 15) is 18.0 Å². The minimum Gasteiger partial charge on any atom is -0.361 e. The number of aldehydes is 1. The molecule has 0 aromatic carbocycles. The summed E-state index contributed by atoms with van der Waals surface area (Å²) in [5.74, 6) is -1.06. The lowest BCUT2D eigenvalue weighted by Crippen LogP contribution is -2.26. The first-order valence-corrected chi connectivity index (χ1v) is 4.98. The zero-order valence-electron chi connectivity index (χ0n) is 8.33. The Morgan fingerprint density at radius 3 is 2.75 bits per heavy atom. The van der Waals surface area contributed by atoms with Crippen LogP contribution in [-0.4, -0.2) is 17.6 Å². The number of hydrogen-bond acceptors (Lipinski definition) is 3. The van der Waals surface area contributed by atoms with E-state index in [-0.39, 0.29) is 12.0 Å². The standard InChI is InChI=1S/C10H10F3NO2/c11-10(12,13)7(5-15)3-8-4-9(16-14-8)6-1-2-6/h4-7H,1-3H2. The number of rotatable bonds is 4. The lowest BCUT2D eigenvalue weighted by Gasteiger charge is -2.11. The van der Waals surface area contributed by atoms with Crippen LogP contribution < -0.4 is 0 Å². The number of aromatic nitrogens is 1. The van der Waals surface area contributed by atoms with Gasteiger partial charge < -0.3 is 9.32 Å². The van der Waals surface area contributed by atoms with Crippen LogP contribution in [0.5, 0.6) is 0 Å². The van der Waals surface area contributed by atoms with Crippen molar-refractivity contribution in [3.8, 4) is 0 Å². The molecule has 1 aliphatic rings. The third-order valence-electron chi connectivity index (χ3n) is 2.57. The molecule has 0 aliphatic heterocycles. The molecule has 0 spiro atoms. The van der Waals surface area contributed by atoms with Gasteiger partial charge in [-0.1, -0.05) is 5.16 Å². The van der Waals surface area contributed by atoms with Gasteiger partial charge in [-0.25, -0.2) is 0 Å². The molecular weight excluding hydrogens is 223 g/mol. The molecule has 2 rings (SSSR count). The van der Waals surface area contributed by atoms with Crippen LogP contribution in [0.2, 0.25) is 0 Å². The van der Waals surface area contributed by atoms with Crippen LogP contribution in [0.15, 0.2) is 10.6 Å². The predicted octanol–water partition coefficient (Wildman–Crippen LogP) is 2.47. The van der Waals surface area contributed by atoms with Gasteiger partial charge in [0, 0.05) is 18.4 Å². The lowest BCUT2D eigenvalue weighted by atomic mass is 10.0. The van der Waals surface area contributed by atoms with Crippen molar-refractivity contribution in [3.63, 3.8) is 0 Å². The Morgan fingerprint density at radius 1 is 1.56 bits per heavy atom. The number of hydrogen-bond donors (Lipinski definition) is 0. The average molecular weight is 233 g/mol. The van der Waals surface area contributed by atoms with Gasteiger partial charge in [0.25, 0.3) is 0 Å². The van der Waals surface area contributed by atoms with Crippen molar-refractivity contribution in [1.29, 1.82) is 0 Å². The van der Waals surface area contributed by atoms with Gasteiger partial charge in [0.15, 0.2) is 0 Å². The quantitative estimate of drug-likeness (QED) is 0.750. The molecule has 3 nitrogen and oxygen atoms in total. The molecular formula is C10H10F3NO2. The average Bonchev–Trinajstić information content (AvgIpc) is 2.94. The Morgan fingerprint density at radius 2 is 2.25 bits per heavy atom. The molecule has 0 amide bonds. The SMILES string of the molecule is O=CC(Cc1cc(C2CC2)on1)C(F)(F)F. The van der Waals surface area contributed by atoms with Crippen LogP contribution in [0, 0.1) is 5.92 Å². The first kappa shape index (κ1) is 11.2. The Balaban J connectivity index is 2.03. The molecule has 88 valence electrons. The second-order valence-electron chi connectivity index (χ2n) is 3.98. The molecule has 0 saturated heterocycles. The molecule has 0 bridgehead atoms. The summed E-state index contributed by atoms with van der Waals surface area (Å²) in [6.07, 6.45) is -3.06. The molecule has 1 aromatic heterocycles. The van der Waals surface area contributed by atoms with Crippen LogP contribution in [0.4, 0.5) is 13.2 Å². The normalized spacial score (nSPS) is 18.4. The molecule has 0 radical (unpaired) electrons. The fraction of sp³-hybridized carbons (Fsp3) is 0.600. The maximum Gasteiger partial charge on any atom is 0.398 e. The topological polar surface area (TPSA) is 43.1 Å². The number of alkyl halides is 3. The molecule has 0 N–H and O–H groups in total. The van der Waals surface area contributed by atoms with Gasteiger partial charge in [0.05, 0.1) is 5.69 Å². The summed E-state index contributed by atoms with van der Waals surface area (Å²) >= 11 is 0. The summed E-state index contributed by atoms with van der Waals surface area (Å²) in [6, 6.07) is 1.51. The lowest BCUT2D eigenvalue weighted by molar-refractivity contribution is -0.174. The summed E-state index contributed by atoms with van der Waals surface area (Å²) in [6.45, 7) is 0. The summed E-state index contributed by atoms with van der Waals surface area (Å²) < 4.78 is 41.8. The van der Waals surface area contributed by atoms with Crippen LogP contribution in [-0.2, 0) is 11.2 Å². The maximum absolute atomic E-state index is 12.3. The molecule has 1 aliphatic carbocycles. The van der Waals surface area contributed by atoms with Crippen molar-refractivity contribution >= 4 is 6.29 Å². The van der Waals surface area contributed by atoms with Crippen LogP contribution in [0.3, 0.4) is 0 Å². The first-order chi connectivity index (χ1) is 7.50. The van der Waals surface area contributed by atoms with E-state index in [4.69, 9.17) is 4.52 Å². The second-order valence-corrected chi connectivity index (χ2v) is 3.98. The molecule has 1 heterocycles. The van der Waals surface area contributed by atoms with Crippen LogP contribution in [0.1, 0.15) is 30.2 Å². The molecule has 1 atom stereocenters. The van der Waals surface area contributed by atoms with Gasteiger partial charge in [-0.05, 0) is 12.8 Å². The van der Waals surface area contributed by atoms with E-state index in [1.54, 1.807) is 0 Å². The van der Waals surface area contributed by atoms with Crippen molar-refractivity contribution in [2.75, 3.05) is 0 Å².